The predicted molar refractivity (Wildman–Crippen MR) is 63.7 cm³/mol. The Morgan fingerprint density at radius 1 is 1.38 bits per heavy atom. The van der Waals surface area contributed by atoms with Gasteiger partial charge in [0.05, 0.1) is 0 Å². The van der Waals surface area contributed by atoms with Crippen LogP contribution in [0.1, 0.15) is 19.8 Å². The van der Waals surface area contributed by atoms with Gasteiger partial charge in [0.1, 0.15) is 11.5 Å². The Labute approximate surface area is 95.7 Å². The topological polar surface area (TPSA) is 40.5 Å². The van der Waals surface area contributed by atoms with Gasteiger partial charge in [-0.15, -0.1) is 0 Å². The number of Topliss-reactive ketones (excluding diaryl/α,β-unsaturated/α-hetero) is 1. The van der Waals surface area contributed by atoms with Crippen molar-refractivity contribution in [2.45, 2.75) is 19.8 Å². The van der Waals surface area contributed by atoms with E-state index in [0.717, 1.165) is 31.6 Å². The van der Waals surface area contributed by atoms with Crippen LogP contribution in [0, 0.1) is 5.92 Å². The van der Waals surface area contributed by atoms with Gasteiger partial charge < -0.3 is 10.0 Å². The molecular formula is C13H17NO2. The summed E-state index contributed by atoms with van der Waals surface area (Å²) in [6, 6.07) is 7.29. The molecule has 0 unspecified atom stereocenters. The number of phenolic OH excluding ortho intramolecular Hbond substituents is 1. The third-order valence-corrected chi connectivity index (χ3v) is 3.26. The lowest BCUT2D eigenvalue weighted by Gasteiger charge is -2.32. The maximum Gasteiger partial charge on any atom is 0.133 e. The van der Waals surface area contributed by atoms with Crippen LogP contribution in [0.4, 0.5) is 5.69 Å². The molecule has 1 fully saturated rings. The molecule has 0 atom stereocenters. The van der Waals surface area contributed by atoms with Gasteiger partial charge in [0, 0.05) is 30.8 Å². The van der Waals surface area contributed by atoms with Crippen LogP contribution in [0.15, 0.2) is 24.3 Å². The van der Waals surface area contributed by atoms with Crippen LogP contribution in [0.25, 0.3) is 0 Å². The molecule has 1 aliphatic rings. The molecule has 1 aromatic rings. The Hall–Kier alpha value is -1.51. The van der Waals surface area contributed by atoms with Crippen molar-refractivity contribution >= 4 is 11.5 Å². The second kappa shape index (κ2) is 4.56. The molecule has 1 heterocycles. The average molecular weight is 219 g/mol. The number of rotatable bonds is 2. The molecular weight excluding hydrogens is 202 g/mol. The Morgan fingerprint density at radius 3 is 2.62 bits per heavy atom. The molecule has 3 nitrogen and oxygen atoms in total. The molecule has 0 amide bonds. The minimum Gasteiger partial charge on any atom is -0.508 e. The zero-order valence-electron chi connectivity index (χ0n) is 9.52. The van der Waals surface area contributed by atoms with E-state index in [-0.39, 0.29) is 5.92 Å². The molecule has 1 aliphatic heterocycles. The van der Waals surface area contributed by atoms with E-state index in [9.17, 15) is 9.90 Å². The van der Waals surface area contributed by atoms with Crippen molar-refractivity contribution in [2.24, 2.45) is 5.92 Å². The van der Waals surface area contributed by atoms with Gasteiger partial charge in [-0.25, -0.2) is 0 Å². The van der Waals surface area contributed by atoms with Crippen LogP contribution in [0.2, 0.25) is 0 Å². The lowest BCUT2D eigenvalue weighted by atomic mass is 9.93. The molecule has 16 heavy (non-hydrogen) atoms. The number of carbonyl (C=O) groups is 1. The Morgan fingerprint density at radius 2 is 2.06 bits per heavy atom. The number of benzene rings is 1. The highest BCUT2D eigenvalue weighted by molar-refractivity contribution is 5.78. The normalized spacial score (nSPS) is 17.4. The number of nitrogens with zero attached hydrogens (tertiary/aromatic N) is 1. The number of anilines is 1. The quantitative estimate of drug-likeness (QED) is 0.829. The minimum absolute atomic E-state index is 0.230. The number of aromatic hydroxyl groups is 1. The molecule has 1 aromatic carbocycles. The summed E-state index contributed by atoms with van der Waals surface area (Å²) in [5.74, 6) is 0.829. The lowest BCUT2D eigenvalue weighted by Crippen LogP contribution is -2.35. The summed E-state index contributed by atoms with van der Waals surface area (Å²) in [5, 5.41) is 9.40. The number of hydrogen-bond donors (Lipinski definition) is 1. The molecule has 0 aliphatic carbocycles. The smallest absolute Gasteiger partial charge is 0.133 e. The highest BCUT2D eigenvalue weighted by atomic mass is 16.3. The maximum atomic E-state index is 11.2. The largest absolute Gasteiger partial charge is 0.508 e. The molecule has 2 rings (SSSR count). The molecule has 3 heteroatoms. The van der Waals surface area contributed by atoms with E-state index < -0.39 is 0 Å². The Bertz CT molecular complexity index is 381. The zero-order chi connectivity index (χ0) is 11.5. The summed E-state index contributed by atoms with van der Waals surface area (Å²) < 4.78 is 0. The second-order valence-electron chi connectivity index (χ2n) is 4.39. The Kier molecular flexibility index (Phi) is 3.13. The van der Waals surface area contributed by atoms with Gasteiger partial charge in [-0.1, -0.05) is 6.07 Å². The predicted octanol–water partition coefficient (Wildman–Crippen LogP) is 2.20. The van der Waals surface area contributed by atoms with Gasteiger partial charge in [-0.05, 0) is 31.9 Å². The van der Waals surface area contributed by atoms with E-state index in [1.165, 1.54) is 0 Å². The van der Waals surface area contributed by atoms with E-state index in [1.807, 2.05) is 12.1 Å². The van der Waals surface area contributed by atoms with E-state index in [2.05, 4.69) is 4.90 Å². The SMILES string of the molecule is CC(=O)C1CCN(c2cccc(O)c2)CC1. The van der Waals surface area contributed by atoms with Crippen molar-refractivity contribution < 1.29 is 9.90 Å². The van der Waals surface area contributed by atoms with Crippen molar-refractivity contribution in [3.63, 3.8) is 0 Å². The monoisotopic (exact) mass is 219 g/mol. The third-order valence-electron chi connectivity index (χ3n) is 3.26. The zero-order valence-corrected chi connectivity index (χ0v) is 9.52. The van der Waals surface area contributed by atoms with E-state index >= 15 is 0 Å². The summed E-state index contributed by atoms with van der Waals surface area (Å²) >= 11 is 0. The molecule has 86 valence electrons. The van der Waals surface area contributed by atoms with E-state index in [1.54, 1.807) is 19.1 Å². The first kappa shape index (κ1) is 11.0. The molecule has 1 saturated heterocycles. The van der Waals surface area contributed by atoms with E-state index in [4.69, 9.17) is 0 Å². The summed E-state index contributed by atoms with van der Waals surface area (Å²) in [4.78, 5) is 13.5. The van der Waals surface area contributed by atoms with Crippen molar-refractivity contribution in [2.75, 3.05) is 18.0 Å². The summed E-state index contributed by atoms with van der Waals surface area (Å²) in [6.45, 7) is 3.47. The maximum absolute atomic E-state index is 11.2. The molecule has 0 spiro atoms. The van der Waals surface area contributed by atoms with Gasteiger partial charge >= 0.3 is 0 Å². The van der Waals surface area contributed by atoms with E-state index in [0.29, 0.717) is 11.5 Å². The first-order valence-electron chi connectivity index (χ1n) is 5.71. The molecule has 0 saturated carbocycles. The number of carbonyl (C=O) groups excluding carboxylic acids is 1. The van der Waals surface area contributed by atoms with Gasteiger partial charge in [0.15, 0.2) is 0 Å². The van der Waals surface area contributed by atoms with Gasteiger partial charge in [-0.2, -0.15) is 0 Å². The summed E-state index contributed by atoms with van der Waals surface area (Å²) in [7, 11) is 0. The van der Waals surface area contributed by atoms with Crippen LogP contribution in [0.5, 0.6) is 5.75 Å². The molecule has 0 radical (unpaired) electrons. The average Bonchev–Trinajstić information content (AvgIpc) is 2.29. The fourth-order valence-corrected chi connectivity index (χ4v) is 2.23. The molecule has 0 aromatic heterocycles. The van der Waals surface area contributed by atoms with Crippen molar-refractivity contribution in [1.29, 1.82) is 0 Å². The third kappa shape index (κ3) is 2.35. The van der Waals surface area contributed by atoms with Crippen LogP contribution in [0.3, 0.4) is 0 Å². The fourth-order valence-electron chi connectivity index (χ4n) is 2.23. The van der Waals surface area contributed by atoms with Gasteiger partial charge in [0.25, 0.3) is 0 Å². The Balaban J connectivity index is 2.01. The van der Waals surface area contributed by atoms with Crippen molar-refractivity contribution in [3.05, 3.63) is 24.3 Å². The van der Waals surface area contributed by atoms with Crippen LogP contribution in [-0.2, 0) is 4.79 Å². The van der Waals surface area contributed by atoms with Gasteiger partial charge in [0.2, 0.25) is 0 Å². The standard InChI is InChI=1S/C13H17NO2/c1-10(15)11-5-7-14(8-6-11)12-3-2-4-13(16)9-12/h2-4,9,11,16H,5-8H2,1H3. The highest BCUT2D eigenvalue weighted by Crippen LogP contribution is 2.25. The lowest BCUT2D eigenvalue weighted by molar-refractivity contribution is -0.121. The number of hydrogen-bond acceptors (Lipinski definition) is 3. The second-order valence-corrected chi connectivity index (χ2v) is 4.39. The van der Waals surface area contributed by atoms with Crippen molar-refractivity contribution in [3.8, 4) is 5.75 Å². The number of phenols is 1. The highest BCUT2D eigenvalue weighted by Gasteiger charge is 2.22. The molecule has 0 bridgehead atoms. The summed E-state index contributed by atoms with van der Waals surface area (Å²) in [5.41, 5.74) is 1.04. The number of piperidine rings is 1. The number of ketones is 1. The summed E-state index contributed by atoms with van der Waals surface area (Å²) in [6.07, 6.45) is 1.84. The first-order valence-corrected chi connectivity index (χ1v) is 5.71. The van der Waals surface area contributed by atoms with Crippen molar-refractivity contribution in [1.82, 2.24) is 0 Å². The first-order chi connectivity index (χ1) is 7.66. The minimum atomic E-state index is 0.230. The molecule has 1 N–H and O–H groups in total. The van der Waals surface area contributed by atoms with Crippen LogP contribution >= 0.6 is 0 Å². The van der Waals surface area contributed by atoms with Crippen LogP contribution < -0.4 is 4.90 Å². The van der Waals surface area contributed by atoms with Crippen LogP contribution in [-0.4, -0.2) is 24.0 Å². The van der Waals surface area contributed by atoms with Gasteiger partial charge in [-0.3, -0.25) is 4.79 Å². The fraction of sp³-hybridized carbons (Fsp3) is 0.462.